The van der Waals surface area contributed by atoms with Crippen molar-refractivity contribution in [2.24, 2.45) is 0 Å². The number of benzene rings is 3. The minimum Gasteiger partial charge on any atom is -0.492 e. The molecule has 0 aliphatic rings. The maximum absolute atomic E-state index is 6.05. The number of aryl methyl sites for hydroxylation is 1. The lowest BCUT2D eigenvalue weighted by molar-refractivity contribution is 0.261. The second-order valence-corrected chi connectivity index (χ2v) is 8.12. The van der Waals surface area contributed by atoms with Crippen molar-refractivity contribution in [2.75, 3.05) is 20.2 Å². The largest absolute Gasteiger partial charge is 0.492 e. The quantitative estimate of drug-likeness (QED) is 0.389. The van der Waals surface area contributed by atoms with Crippen molar-refractivity contribution in [3.63, 3.8) is 0 Å². The first-order valence-corrected chi connectivity index (χ1v) is 10.2. The zero-order valence-corrected chi connectivity index (χ0v) is 16.6. The van der Waals surface area contributed by atoms with Gasteiger partial charge in [-0.2, -0.15) is 0 Å². The molecule has 27 heavy (non-hydrogen) atoms. The molecule has 3 aromatic carbocycles. The van der Waals surface area contributed by atoms with Gasteiger partial charge in [0.05, 0.1) is 21.8 Å². The summed E-state index contributed by atoms with van der Waals surface area (Å²) < 4.78 is 7.20. The van der Waals surface area contributed by atoms with Crippen LogP contribution < -0.4 is 4.74 Å². The first-order valence-electron chi connectivity index (χ1n) is 9.35. The lowest BCUT2D eigenvalue weighted by atomic mass is 10.0. The highest BCUT2D eigenvalue weighted by molar-refractivity contribution is 7.18. The number of fused-ring (bicyclic) bond motifs is 2. The lowest BCUT2D eigenvalue weighted by Gasteiger charge is -2.18. The molecular weight excluding hydrogens is 352 g/mol. The lowest BCUT2D eigenvalue weighted by Crippen LogP contribution is -2.21. The maximum Gasteiger partial charge on any atom is 0.138 e. The molecule has 0 N–H and O–H groups in total. The Morgan fingerprint density at radius 2 is 1.81 bits per heavy atom. The van der Waals surface area contributed by atoms with E-state index in [0.29, 0.717) is 0 Å². The molecule has 0 amide bonds. The average Bonchev–Trinajstić information content (AvgIpc) is 3.06. The summed E-state index contributed by atoms with van der Waals surface area (Å²) in [5.74, 6) is 0.954. The van der Waals surface area contributed by atoms with Gasteiger partial charge in [-0.25, -0.2) is 4.98 Å². The zero-order valence-electron chi connectivity index (χ0n) is 15.8. The monoisotopic (exact) mass is 376 g/mol. The molecule has 0 fully saturated rings. The van der Waals surface area contributed by atoms with Crippen molar-refractivity contribution in [1.82, 2.24) is 9.88 Å². The number of thiazole rings is 1. The molecule has 0 saturated carbocycles. The van der Waals surface area contributed by atoms with Crippen molar-refractivity contribution in [3.05, 3.63) is 71.2 Å². The van der Waals surface area contributed by atoms with Gasteiger partial charge in [-0.05, 0) is 48.9 Å². The van der Waals surface area contributed by atoms with Gasteiger partial charge in [-0.3, -0.25) is 0 Å². The number of hydrogen-bond donors (Lipinski definition) is 0. The normalized spacial score (nSPS) is 11.5. The van der Waals surface area contributed by atoms with E-state index in [9.17, 15) is 0 Å². The van der Waals surface area contributed by atoms with Crippen LogP contribution in [0.15, 0.2) is 60.7 Å². The summed E-state index contributed by atoms with van der Waals surface area (Å²) in [5.41, 5.74) is 2.41. The standard InChI is InChI=1S/C23H24N2OS/c1-17-24-21-12-6-13-22(23(21)27-17)26-15-7-14-25(2)16-19-10-5-9-18-8-3-4-11-20(18)19/h3-6,8-13H,7,14-16H2,1-2H3. The molecule has 4 heteroatoms. The highest BCUT2D eigenvalue weighted by Crippen LogP contribution is 2.30. The van der Waals surface area contributed by atoms with E-state index in [0.717, 1.165) is 47.1 Å². The van der Waals surface area contributed by atoms with E-state index in [2.05, 4.69) is 59.4 Å². The number of ether oxygens (including phenoxy) is 1. The predicted molar refractivity (Wildman–Crippen MR) is 115 cm³/mol. The highest BCUT2D eigenvalue weighted by Gasteiger charge is 2.08. The molecule has 4 rings (SSSR count). The van der Waals surface area contributed by atoms with Crippen LogP contribution in [0.25, 0.3) is 21.0 Å². The summed E-state index contributed by atoms with van der Waals surface area (Å²) in [6.07, 6.45) is 0.995. The van der Waals surface area contributed by atoms with Gasteiger partial charge in [0.2, 0.25) is 0 Å². The van der Waals surface area contributed by atoms with Crippen molar-refractivity contribution < 1.29 is 4.74 Å². The Hall–Kier alpha value is -2.43. The van der Waals surface area contributed by atoms with Crippen molar-refractivity contribution in [3.8, 4) is 5.75 Å². The van der Waals surface area contributed by atoms with Gasteiger partial charge >= 0.3 is 0 Å². The SMILES string of the molecule is Cc1nc2cccc(OCCCN(C)Cc3cccc4ccccc34)c2s1. The summed E-state index contributed by atoms with van der Waals surface area (Å²) in [7, 11) is 2.18. The van der Waals surface area contributed by atoms with Gasteiger partial charge in [-0.15, -0.1) is 11.3 Å². The third-order valence-electron chi connectivity index (χ3n) is 4.75. The van der Waals surface area contributed by atoms with Crippen LogP contribution in [0.5, 0.6) is 5.75 Å². The van der Waals surface area contributed by atoms with Crippen LogP contribution in [-0.2, 0) is 6.54 Å². The molecule has 1 heterocycles. The highest BCUT2D eigenvalue weighted by atomic mass is 32.1. The number of nitrogens with zero attached hydrogens (tertiary/aromatic N) is 2. The van der Waals surface area contributed by atoms with Gasteiger partial charge in [0.25, 0.3) is 0 Å². The third kappa shape index (κ3) is 4.12. The Morgan fingerprint density at radius 3 is 2.74 bits per heavy atom. The van der Waals surface area contributed by atoms with E-state index < -0.39 is 0 Å². The van der Waals surface area contributed by atoms with Gasteiger partial charge in [0, 0.05) is 13.1 Å². The molecule has 0 saturated heterocycles. The molecule has 0 atom stereocenters. The first kappa shape index (κ1) is 18.0. The molecule has 138 valence electrons. The molecule has 4 aromatic rings. The fraction of sp³-hybridized carbons (Fsp3) is 0.261. The predicted octanol–water partition coefficient (Wildman–Crippen LogP) is 5.66. The number of aromatic nitrogens is 1. The second-order valence-electron chi connectivity index (χ2n) is 6.92. The molecule has 0 spiro atoms. The Bertz CT molecular complexity index is 1050. The Morgan fingerprint density at radius 1 is 1.00 bits per heavy atom. The molecule has 0 radical (unpaired) electrons. The van der Waals surface area contributed by atoms with Crippen LogP contribution in [0.4, 0.5) is 0 Å². The topological polar surface area (TPSA) is 25.4 Å². The smallest absolute Gasteiger partial charge is 0.138 e. The first-order chi connectivity index (χ1) is 13.2. The van der Waals surface area contributed by atoms with E-state index in [4.69, 9.17) is 4.74 Å². The summed E-state index contributed by atoms with van der Waals surface area (Å²) >= 11 is 1.70. The molecule has 0 aliphatic heterocycles. The molecule has 0 aliphatic carbocycles. The van der Waals surface area contributed by atoms with Crippen molar-refractivity contribution >= 4 is 32.3 Å². The molecule has 3 nitrogen and oxygen atoms in total. The van der Waals surface area contributed by atoms with Crippen LogP contribution in [0.2, 0.25) is 0 Å². The third-order valence-corrected chi connectivity index (χ3v) is 5.75. The van der Waals surface area contributed by atoms with Crippen molar-refractivity contribution in [2.45, 2.75) is 19.9 Å². The summed E-state index contributed by atoms with van der Waals surface area (Å²) in [6.45, 7) is 4.71. The molecule has 0 unspecified atom stereocenters. The molecule has 1 aromatic heterocycles. The van der Waals surface area contributed by atoms with Gasteiger partial charge in [0.1, 0.15) is 5.75 Å². The second kappa shape index (κ2) is 8.07. The van der Waals surface area contributed by atoms with E-state index in [-0.39, 0.29) is 0 Å². The minimum absolute atomic E-state index is 0.718. The van der Waals surface area contributed by atoms with Crippen LogP contribution >= 0.6 is 11.3 Å². The summed E-state index contributed by atoms with van der Waals surface area (Å²) in [6, 6.07) is 21.2. The van der Waals surface area contributed by atoms with Crippen LogP contribution in [0, 0.1) is 6.92 Å². The van der Waals surface area contributed by atoms with E-state index in [1.54, 1.807) is 11.3 Å². The van der Waals surface area contributed by atoms with Crippen LogP contribution in [0.3, 0.4) is 0 Å². The van der Waals surface area contributed by atoms with E-state index in [1.165, 1.54) is 16.3 Å². The fourth-order valence-electron chi connectivity index (χ4n) is 3.47. The van der Waals surface area contributed by atoms with E-state index in [1.807, 2.05) is 25.1 Å². The van der Waals surface area contributed by atoms with Crippen LogP contribution in [-0.4, -0.2) is 30.1 Å². The molecular formula is C23H24N2OS. The average molecular weight is 377 g/mol. The van der Waals surface area contributed by atoms with E-state index >= 15 is 0 Å². The Kier molecular flexibility index (Phi) is 5.37. The van der Waals surface area contributed by atoms with Gasteiger partial charge in [-0.1, -0.05) is 48.5 Å². The van der Waals surface area contributed by atoms with Crippen molar-refractivity contribution in [1.29, 1.82) is 0 Å². The summed E-state index contributed by atoms with van der Waals surface area (Å²) in [5, 5.41) is 3.73. The maximum atomic E-state index is 6.05. The zero-order chi connectivity index (χ0) is 18.6. The number of hydrogen-bond acceptors (Lipinski definition) is 4. The Labute approximate surface area is 164 Å². The van der Waals surface area contributed by atoms with Gasteiger partial charge in [0.15, 0.2) is 0 Å². The number of rotatable bonds is 7. The van der Waals surface area contributed by atoms with Crippen LogP contribution in [0.1, 0.15) is 17.0 Å². The Balaban J connectivity index is 1.32. The minimum atomic E-state index is 0.718. The summed E-state index contributed by atoms with van der Waals surface area (Å²) in [4.78, 5) is 6.90. The van der Waals surface area contributed by atoms with Gasteiger partial charge < -0.3 is 9.64 Å². The fourth-order valence-corrected chi connectivity index (χ4v) is 4.35. The molecule has 0 bridgehead atoms.